The maximum absolute atomic E-state index is 12.1. The van der Waals surface area contributed by atoms with Gasteiger partial charge in [0.1, 0.15) is 17.2 Å². The average molecular weight is 372 g/mol. The Balaban J connectivity index is 1.90. The van der Waals surface area contributed by atoms with Gasteiger partial charge in [0.2, 0.25) is 0 Å². The molecule has 0 aromatic heterocycles. The zero-order chi connectivity index (χ0) is 19.8. The van der Waals surface area contributed by atoms with Crippen molar-refractivity contribution < 1.29 is 24.2 Å². The molecule has 0 bridgehead atoms. The molecule has 2 aromatic rings. The molecular weight excluding hydrogens is 348 g/mol. The molecule has 144 valence electrons. The highest BCUT2D eigenvalue weighted by Gasteiger charge is 2.17. The highest BCUT2D eigenvalue weighted by molar-refractivity contribution is 5.89. The number of rotatable bonds is 8. The lowest BCUT2D eigenvalue weighted by atomic mass is 10.2. The molecule has 0 saturated carbocycles. The van der Waals surface area contributed by atoms with Crippen molar-refractivity contribution in [3.63, 3.8) is 0 Å². The molecule has 0 heterocycles. The molecule has 2 rings (SSSR count). The Morgan fingerprint density at radius 1 is 1.04 bits per heavy atom. The average Bonchev–Trinajstić information content (AvgIpc) is 2.65. The summed E-state index contributed by atoms with van der Waals surface area (Å²) in [5.41, 5.74) is 0.592. The molecule has 2 N–H and O–H groups in total. The highest BCUT2D eigenvalue weighted by atomic mass is 16.5. The summed E-state index contributed by atoms with van der Waals surface area (Å²) in [6.45, 7) is 4.21. The van der Waals surface area contributed by atoms with Gasteiger partial charge in [-0.3, -0.25) is 4.79 Å². The summed E-state index contributed by atoms with van der Waals surface area (Å²) in [4.78, 5) is 24.3. The van der Waals surface area contributed by atoms with Crippen molar-refractivity contribution in [1.29, 1.82) is 0 Å². The largest absolute Gasteiger partial charge is 0.494 e. The van der Waals surface area contributed by atoms with Crippen LogP contribution in [0.4, 0.5) is 10.5 Å². The second kappa shape index (κ2) is 9.47. The predicted molar refractivity (Wildman–Crippen MR) is 103 cm³/mol. The lowest BCUT2D eigenvalue weighted by Crippen LogP contribution is -2.36. The summed E-state index contributed by atoms with van der Waals surface area (Å²) >= 11 is 0. The molecule has 0 aliphatic heterocycles. The zero-order valence-corrected chi connectivity index (χ0v) is 15.6. The molecule has 0 aliphatic rings. The van der Waals surface area contributed by atoms with Crippen LogP contribution >= 0.6 is 0 Å². The number of carbonyl (C=O) groups is 2. The van der Waals surface area contributed by atoms with E-state index in [-0.39, 0.29) is 12.6 Å². The minimum atomic E-state index is -0.939. The van der Waals surface area contributed by atoms with E-state index in [1.165, 1.54) is 4.90 Å². The normalized spacial score (nSPS) is 11.4. The first-order chi connectivity index (χ1) is 12.9. The number of anilines is 1. The fraction of sp³-hybridized carbons (Fsp3) is 0.300. The van der Waals surface area contributed by atoms with Gasteiger partial charge in [-0.25, -0.2) is 4.79 Å². The van der Waals surface area contributed by atoms with Gasteiger partial charge in [-0.2, -0.15) is 0 Å². The molecule has 0 radical (unpaired) electrons. The van der Waals surface area contributed by atoms with Crippen LogP contribution in [0.5, 0.6) is 17.2 Å². The molecule has 1 unspecified atom stereocenters. The van der Waals surface area contributed by atoms with E-state index in [2.05, 4.69) is 5.32 Å². The molecular formula is C20H24N2O5. The fourth-order valence-corrected chi connectivity index (χ4v) is 2.30. The Hall–Kier alpha value is -3.22. The molecule has 7 heteroatoms. The van der Waals surface area contributed by atoms with E-state index in [0.29, 0.717) is 23.8 Å². The molecule has 0 fully saturated rings. The maximum atomic E-state index is 12.1. The van der Waals surface area contributed by atoms with Crippen molar-refractivity contribution >= 4 is 17.7 Å². The molecule has 1 atom stereocenters. The third kappa shape index (κ3) is 6.22. The van der Waals surface area contributed by atoms with Gasteiger partial charge < -0.3 is 24.8 Å². The first-order valence-electron chi connectivity index (χ1n) is 8.64. The van der Waals surface area contributed by atoms with E-state index >= 15 is 0 Å². The number of benzene rings is 2. The zero-order valence-electron chi connectivity index (χ0n) is 15.6. The van der Waals surface area contributed by atoms with Gasteiger partial charge in [-0.15, -0.1) is 0 Å². The molecule has 0 saturated heterocycles. The van der Waals surface area contributed by atoms with E-state index in [0.717, 1.165) is 5.75 Å². The van der Waals surface area contributed by atoms with E-state index in [1.54, 1.807) is 38.2 Å². The molecule has 2 amide bonds. The van der Waals surface area contributed by atoms with Gasteiger partial charge in [-0.05, 0) is 55.5 Å². The topological polar surface area (TPSA) is 88.1 Å². The van der Waals surface area contributed by atoms with Gasteiger partial charge in [-0.1, -0.05) is 6.92 Å². The van der Waals surface area contributed by atoms with E-state index in [9.17, 15) is 9.59 Å². The Labute approximate surface area is 158 Å². The van der Waals surface area contributed by atoms with E-state index < -0.39 is 11.9 Å². The SMILES string of the molecule is CCOc1ccc(Oc2ccc(NC(=O)N(C)CC(C)C(=O)O)cc2)cc1. The van der Waals surface area contributed by atoms with E-state index in [1.807, 2.05) is 31.2 Å². The first-order valence-corrected chi connectivity index (χ1v) is 8.64. The van der Waals surface area contributed by atoms with Crippen LogP contribution in [0.1, 0.15) is 13.8 Å². The van der Waals surface area contributed by atoms with Crippen molar-refractivity contribution in [2.24, 2.45) is 5.92 Å². The van der Waals surface area contributed by atoms with Crippen LogP contribution in [0.3, 0.4) is 0 Å². The molecule has 0 spiro atoms. The Morgan fingerprint density at radius 3 is 2.07 bits per heavy atom. The molecule has 7 nitrogen and oxygen atoms in total. The van der Waals surface area contributed by atoms with Crippen LogP contribution in [-0.2, 0) is 4.79 Å². The standard InChI is InChI=1S/C20H24N2O5/c1-4-26-16-9-11-18(12-10-16)27-17-7-5-15(6-8-17)21-20(25)22(3)13-14(2)19(23)24/h5-12,14H,4,13H2,1-3H3,(H,21,25)(H,23,24). The summed E-state index contributed by atoms with van der Waals surface area (Å²) < 4.78 is 11.1. The van der Waals surface area contributed by atoms with Gasteiger partial charge in [0.05, 0.1) is 12.5 Å². The van der Waals surface area contributed by atoms with Crippen LogP contribution < -0.4 is 14.8 Å². The number of nitrogens with zero attached hydrogens (tertiary/aromatic N) is 1. The summed E-state index contributed by atoms with van der Waals surface area (Å²) in [6, 6.07) is 13.9. The number of ether oxygens (including phenoxy) is 2. The summed E-state index contributed by atoms with van der Waals surface area (Å²) in [5.74, 6) is 0.517. The van der Waals surface area contributed by atoms with Crippen LogP contribution in [0.15, 0.2) is 48.5 Å². The lowest BCUT2D eigenvalue weighted by Gasteiger charge is -2.20. The van der Waals surface area contributed by atoms with Crippen molar-refractivity contribution in [2.75, 3.05) is 25.5 Å². The summed E-state index contributed by atoms with van der Waals surface area (Å²) in [7, 11) is 1.55. The minimum Gasteiger partial charge on any atom is -0.494 e. The number of hydrogen-bond donors (Lipinski definition) is 2. The number of amides is 2. The number of aliphatic carboxylic acids is 1. The van der Waals surface area contributed by atoms with Gasteiger partial charge in [0.15, 0.2) is 0 Å². The number of carboxylic acid groups (broad SMARTS) is 1. The Bertz CT molecular complexity index is 759. The monoisotopic (exact) mass is 372 g/mol. The molecule has 27 heavy (non-hydrogen) atoms. The number of hydrogen-bond acceptors (Lipinski definition) is 4. The maximum Gasteiger partial charge on any atom is 0.321 e. The second-order valence-electron chi connectivity index (χ2n) is 6.08. The van der Waals surface area contributed by atoms with Crippen LogP contribution in [0.25, 0.3) is 0 Å². The number of nitrogens with one attached hydrogen (secondary N) is 1. The van der Waals surface area contributed by atoms with Gasteiger partial charge in [0, 0.05) is 19.3 Å². The molecule has 2 aromatic carbocycles. The van der Waals surface area contributed by atoms with Gasteiger partial charge >= 0.3 is 12.0 Å². The van der Waals surface area contributed by atoms with Crippen molar-refractivity contribution in [1.82, 2.24) is 4.90 Å². The van der Waals surface area contributed by atoms with Gasteiger partial charge in [0.25, 0.3) is 0 Å². The quantitative estimate of drug-likeness (QED) is 0.729. The van der Waals surface area contributed by atoms with Crippen molar-refractivity contribution in [2.45, 2.75) is 13.8 Å². The number of carboxylic acids is 1. The third-order valence-electron chi connectivity index (χ3n) is 3.79. The van der Waals surface area contributed by atoms with Crippen LogP contribution in [0.2, 0.25) is 0 Å². The third-order valence-corrected chi connectivity index (χ3v) is 3.79. The smallest absolute Gasteiger partial charge is 0.321 e. The fourth-order valence-electron chi connectivity index (χ4n) is 2.30. The first kappa shape index (κ1) is 20.1. The number of urea groups is 1. The lowest BCUT2D eigenvalue weighted by molar-refractivity contribution is -0.141. The van der Waals surface area contributed by atoms with Crippen LogP contribution in [-0.4, -0.2) is 42.2 Å². The predicted octanol–water partition coefficient (Wildman–Crippen LogP) is 4.06. The Kier molecular flexibility index (Phi) is 7.05. The summed E-state index contributed by atoms with van der Waals surface area (Å²) in [5, 5.41) is 11.6. The Morgan fingerprint density at radius 2 is 1.56 bits per heavy atom. The summed E-state index contributed by atoms with van der Waals surface area (Å²) in [6.07, 6.45) is 0. The van der Waals surface area contributed by atoms with Crippen molar-refractivity contribution in [3.05, 3.63) is 48.5 Å². The second-order valence-corrected chi connectivity index (χ2v) is 6.08. The number of carbonyl (C=O) groups excluding carboxylic acids is 1. The molecule has 0 aliphatic carbocycles. The van der Waals surface area contributed by atoms with E-state index in [4.69, 9.17) is 14.6 Å². The van der Waals surface area contributed by atoms with Crippen molar-refractivity contribution in [3.8, 4) is 17.2 Å². The minimum absolute atomic E-state index is 0.125. The van der Waals surface area contributed by atoms with Crippen LogP contribution in [0, 0.1) is 5.92 Å². The highest BCUT2D eigenvalue weighted by Crippen LogP contribution is 2.25.